The highest BCUT2D eigenvalue weighted by Crippen LogP contribution is 2.32. The van der Waals surface area contributed by atoms with Gasteiger partial charge in [-0.2, -0.15) is 8.78 Å². The van der Waals surface area contributed by atoms with Crippen LogP contribution < -0.4 is 0 Å². The van der Waals surface area contributed by atoms with E-state index in [1.165, 1.54) is 33.0 Å². The van der Waals surface area contributed by atoms with Crippen LogP contribution in [0.5, 0.6) is 0 Å². The zero-order valence-electron chi connectivity index (χ0n) is 22.9. The van der Waals surface area contributed by atoms with Crippen LogP contribution in [0, 0.1) is 25.7 Å². The third kappa shape index (κ3) is 7.90. The second-order valence-electron chi connectivity index (χ2n) is 9.81. The lowest BCUT2D eigenvalue weighted by Crippen LogP contribution is -1.87. The lowest BCUT2D eigenvalue weighted by atomic mass is 10.1. The fourth-order valence-electron chi connectivity index (χ4n) is 4.35. The summed E-state index contributed by atoms with van der Waals surface area (Å²) < 4.78 is 25.7. The molecule has 6 aromatic rings. The number of aryl methyl sites for hydroxylation is 2. The van der Waals surface area contributed by atoms with E-state index in [1.54, 1.807) is 47.2 Å². The summed E-state index contributed by atoms with van der Waals surface area (Å²) in [7, 11) is 0. The van der Waals surface area contributed by atoms with Gasteiger partial charge in [-0.25, -0.2) is 9.97 Å². The summed E-state index contributed by atoms with van der Waals surface area (Å²) in [5.74, 6) is -0.913. The van der Waals surface area contributed by atoms with Crippen molar-refractivity contribution in [3.05, 3.63) is 151 Å². The highest BCUT2D eigenvalue weighted by Gasteiger charge is 2.09. The van der Waals surface area contributed by atoms with Gasteiger partial charge in [-0.05, 0) is 85.6 Å². The second-order valence-corrected chi connectivity index (χ2v) is 13.0. The molecule has 4 aromatic heterocycles. The molecule has 0 bridgehead atoms. The van der Waals surface area contributed by atoms with Gasteiger partial charge in [0.15, 0.2) is 0 Å². The topological polar surface area (TPSA) is 25.8 Å². The van der Waals surface area contributed by atoms with Gasteiger partial charge in [-0.3, -0.25) is 0 Å². The van der Waals surface area contributed by atoms with E-state index in [-0.39, 0.29) is 0 Å². The number of nitrogens with zero attached hydrogens (tertiary/aromatic N) is 2. The Morgan fingerprint density at radius 3 is 1.38 bits per heavy atom. The Balaban J connectivity index is 0.000000168. The van der Waals surface area contributed by atoms with Crippen LogP contribution in [0.2, 0.25) is 10.0 Å². The summed E-state index contributed by atoms with van der Waals surface area (Å²) in [4.78, 5) is 12.0. The Hall–Kier alpha value is -3.42. The average molecular weight is 636 g/mol. The quantitative estimate of drug-likeness (QED) is 0.170. The van der Waals surface area contributed by atoms with Gasteiger partial charge in [0.2, 0.25) is 11.9 Å². The van der Waals surface area contributed by atoms with Gasteiger partial charge in [0.25, 0.3) is 0 Å². The molecule has 4 heterocycles. The third-order valence-corrected chi connectivity index (χ3v) is 9.48. The van der Waals surface area contributed by atoms with Crippen LogP contribution in [0.15, 0.2) is 97.3 Å². The number of pyridine rings is 2. The Morgan fingerprint density at radius 1 is 0.571 bits per heavy atom. The zero-order valence-corrected chi connectivity index (χ0v) is 26.0. The molecule has 0 aliphatic rings. The Bertz CT molecular complexity index is 1660. The van der Waals surface area contributed by atoms with Crippen LogP contribution in [-0.2, 0) is 12.8 Å². The molecule has 0 saturated heterocycles. The van der Waals surface area contributed by atoms with Crippen molar-refractivity contribution in [2.24, 2.45) is 0 Å². The van der Waals surface area contributed by atoms with E-state index in [9.17, 15) is 8.78 Å². The average Bonchev–Trinajstić information content (AvgIpc) is 3.64. The molecule has 6 rings (SSSR count). The molecule has 0 N–H and O–H groups in total. The maximum atomic E-state index is 12.9. The van der Waals surface area contributed by atoms with Crippen molar-refractivity contribution in [2.45, 2.75) is 26.7 Å². The standard InChI is InChI=1S/2C17H13ClFNS/c2*1-11-2-5-15(18)13(8-11)9-14-4-6-16(21-14)12-3-7-17(19)20-10-12/h2*2-8,10H,9H2,1H3. The Morgan fingerprint density at radius 2 is 1.00 bits per heavy atom. The molecule has 2 aromatic carbocycles. The fourth-order valence-corrected chi connectivity index (χ4v) is 6.76. The van der Waals surface area contributed by atoms with Gasteiger partial charge in [0, 0.05) is 65.9 Å². The highest BCUT2D eigenvalue weighted by atomic mass is 35.5. The first-order valence-corrected chi connectivity index (χ1v) is 15.5. The van der Waals surface area contributed by atoms with Gasteiger partial charge >= 0.3 is 0 Å². The summed E-state index contributed by atoms with van der Waals surface area (Å²) in [5.41, 5.74) is 6.53. The molecule has 0 aliphatic carbocycles. The summed E-state index contributed by atoms with van der Waals surface area (Å²) in [6.07, 6.45) is 4.73. The molecule has 8 heteroatoms. The van der Waals surface area contributed by atoms with Crippen LogP contribution >= 0.6 is 45.9 Å². The first-order valence-electron chi connectivity index (χ1n) is 13.1. The van der Waals surface area contributed by atoms with Gasteiger partial charge in [0.05, 0.1) is 0 Å². The fraction of sp³-hybridized carbons (Fsp3) is 0.118. The number of hydrogen-bond donors (Lipinski definition) is 0. The smallest absolute Gasteiger partial charge is 0.212 e. The van der Waals surface area contributed by atoms with Crippen molar-refractivity contribution in [2.75, 3.05) is 0 Å². The number of hydrogen-bond acceptors (Lipinski definition) is 4. The maximum absolute atomic E-state index is 12.9. The monoisotopic (exact) mass is 634 g/mol. The molecule has 0 fully saturated rings. The minimum Gasteiger partial charge on any atom is -0.228 e. The second kappa shape index (κ2) is 13.7. The van der Waals surface area contributed by atoms with E-state index in [0.717, 1.165) is 54.9 Å². The van der Waals surface area contributed by atoms with E-state index in [4.69, 9.17) is 23.2 Å². The Kier molecular flexibility index (Phi) is 9.80. The molecular weight excluding hydrogens is 609 g/mol. The van der Waals surface area contributed by atoms with E-state index >= 15 is 0 Å². The largest absolute Gasteiger partial charge is 0.228 e. The summed E-state index contributed by atoms with van der Waals surface area (Å²) >= 11 is 15.8. The van der Waals surface area contributed by atoms with Crippen LogP contribution in [0.1, 0.15) is 32.0 Å². The predicted molar refractivity (Wildman–Crippen MR) is 173 cm³/mol. The van der Waals surface area contributed by atoms with Crippen LogP contribution in [0.4, 0.5) is 8.78 Å². The molecule has 0 saturated carbocycles. The molecule has 0 amide bonds. The van der Waals surface area contributed by atoms with Gasteiger partial charge in [-0.15, -0.1) is 22.7 Å². The Labute approximate surface area is 262 Å². The normalized spacial score (nSPS) is 10.8. The molecule has 0 aliphatic heterocycles. The van der Waals surface area contributed by atoms with Crippen LogP contribution in [0.3, 0.4) is 0 Å². The number of aromatic nitrogens is 2. The van der Waals surface area contributed by atoms with E-state index in [1.807, 2.05) is 36.4 Å². The summed E-state index contributed by atoms with van der Waals surface area (Å²) in [6, 6.07) is 26.6. The summed E-state index contributed by atoms with van der Waals surface area (Å²) in [5, 5.41) is 1.58. The zero-order chi connectivity index (χ0) is 29.6. The lowest BCUT2D eigenvalue weighted by Gasteiger charge is -2.04. The van der Waals surface area contributed by atoms with Crippen molar-refractivity contribution in [3.63, 3.8) is 0 Å². The van der Waals surface area contributed by atoms with Crippen LogP contribution in [-0.4, -0.2) is 9.97 Å². The highest BCUT2D eigenvalue weighted by molar-refractivity contribution is 7.15. The molecule has 0 unspecified atom stereocenters. The lowest BCUT2D eigenvalue weighted by molar-refractivity contribution is 0.583. The maximum Gasteiger partial charge on any atom is 0.212 e. The number of thiophene rings is 2. The third-order valence-electron chi connectivity index (χ3n) is 6.48. The van der Waals surface area contributed by atoms with Gasteiger partial charge < -0.3 is 0 Å². The first-order chi connectivity index (χ1) is 20.2. The van der Waals surface area contributed by atoms with E-state index < -0.39 is 11.9 Å². The SMILES string of the molecule is Cc1ccc(Cl)c(Cc2ccc(-c3ccc(F)nc3)s2)c1.Cc1ccc(Cl)c(Cc2ccc(-c3ccc(F)nc3)s2)c1. The van der Waals surface area contributed by atoms with Crippen molar-refractivity contribution >= 4 is 45.9 Å². The number of rotatable bonds is 6. The van der Waals surface area contributed by atoms with Crippen molar-refractivity contribution < 1.29 is 8.78 Å². The molecule has 0 radical (unpaired) electrons. The molecule has 0 atom stereocenters. The molecule has 0 spiro atoms. The van der Waals surface area contributed by atoms with E-state index in [0.29, 0.717) is 0 Å². The van der Waals surface area contributed by atoms with Gasteiger partial charge in [0.1, 0.15) is 0 Å². The number of benzene rings is 2. The minimum absolute atomic E-state index is 0.456. The van der Waals surface area contributed by atoms with Gasteiger partial charge in [-0.1, -0.05) is 58.6 Å². The number of halogens is 4. The molecule has 42 heavy (non-hydrogen) atoms. The van der Waals surface area contributed by atoms with E-state index in [2.05, 4.69) is 48.1 Å². The van der Waals surface area contributed by atoms with Crippen LogP contribution in [0.25, 0.3) is 20.9 Å². The van der Waals surface area contributed by atoms with Crippen molar-refractivity contribution in [1.29, 1.82) is 0 Å². The predicted octanol–water partition coefficient (Wildman–Crippen LogP) is 11.0. The minimum atomic E-state index is -0.456. The summed E-state index contributed by atoms with van der Waals surface area (Å²) in [6.45, 7) is 4.12. The van der Waals surface area contributed by atoms with Crippen molar-refractivity contribution in [1.82, 2.24) is 9.97 Å². The van der Waals surface area contributed by atoms with Crippen molar-refractivity contribution in [3.8, 4) is 20.9 Å². The first kappa shape index (κ1) is 30.1. The molecular formula is C34H26Cl2F2N2S2. The molecule has 2 nitrogen and oxygen atoms in total. The molecule has 212 valence electrons.